The van der Waals surface area contributed by atoms with E-state index in [-0.39, 0.29) is 11.4 Å². The average Bonchev–Trinajstić information content (AvgIpc) is 2.86. The number of carbonyl (C=O) groups excluding carboxylic acids is 2. The lowest BCUT2D eigenvalue weighted by molar-refractivity contribution is -0.139. The van der Waals surface area contributed by atoms with Crippen molar-refractivity contribution in [1.29, 1.82) is 0 Å². The Morgan fingerprint density at radius 3 is 2.13 bits per heavy atom. The van der Waals surface area contributed by atoms with Crippen molar-refractivity contribution < 1.29 is 18.0 Å². The van der Waals surface area contributed by atoms with Crippen LogP contribution in [0.15, 0.2) is 65.6 Å². The summed E-state index contributed by atoms with van der Waals surface area (Å²) in [5, 5.41) is 3.32. The summed E-state index contributed by atoms with van der Waals surface area (Å²) < 4.78 is 28.9. The molecule has 0 aliphatic rings. The van der Waals surface area contributed by atoms with Gasteiger partial charge in [0.05, 0.1) is 10.6 Å². The lowest BCUT2D eigenvalue weighted by Crippen LogP contribution is -2.50. The summed E-state index contributed by atoms with van der Waals surface area (Å²) in [6.45, 7) is 6.60. The Bertz CT molecular complexity index is 1440. The number of nitrogens with zero attached hydrogens (tertiary/aromatic N) is 2. The molecular formula is C28H31Cl2N3O4S. The van der Waals surface area contributed by atoms with Crippen LogP contribution in [0.4, 0.5) is 5.69 Å². The molecule has 0 aliphatic heterocycles. The summed E-state index contributed by atoms with van der Waals surface area (Å²) in [6, 6.07) is 15.7. The Labute approximate surface area is 234 Å². The molecule has 7 nitrogen and oxygen atoms in total. The quantitative estimate of drug-likeness (QED) is 0.376. The number of amides is 2. The molecule has 0 heterocycles. The van der Waals surface area contributed by atoms with E-state index in [0.29, 0.717) is 26.9 Å². The van der Waals surface area contributed by atoms with Gasteiger partial charge in [0.1, 0.15) is 12.6 Å². The van der Waals surface area contributed by atoms with Gasteiger partial charge in [0, 0.05) is 23.6 Å². The first-order valence-electron chi connectivity index (χ1n) is 12.0. The largest absolute Gasteiger partial charge is 0.357 e. The molecule has 0 fully saturated rings. The third kappa shape index (κ3) is 6.67. The van der Waals surface area contributed by atoms with E-state index in [0.717, 1.165) is 15.4 Å². The van der Waals surface area contributed by atoms with Gasteiger partial charge in [-0.3, -0.25) is 13.9 Å². The van der Waals surface area contributed by atoms with Crippen LogP contribution in [0.2, 0.25) is 10.0 Å². The van der Waals surface area contributed by atoms with Crippen molar-refractivity contribution >= 4 is 50.7 Å². The number of benzene rings is 3. The summed E-state index contributed by atoms with van der Waals surface area (Å²) >= 11 is 12.4. The number of rotatable bonds is 9. The summed E-state index contributed by atoms with van der Waals surface area (Å²) in [5.41, 5.74) is 3.50. The maximum atomic E-state index is 13.9. The molecule has 0 radical (unpaired) electrons. The lowest BCUT2D eigenvalue weighted by atomic mass is 10.1. The molecule has 1 atom stereocenters. The van der Waals surface area contributed by atoms with E-state index in [1.54, 1.807) is 56.3 Å². The van der Waals surface area contributed by atoms with Crippen LogP contribution in [0.25, 0.3) is 0 Å². The average molecular weight is 577 g/mol. The molecule has 0 saturated carbocycles. The highest BCUT2D eigenvalue weighted by Crippen LogP contribution is 2.29. The van der Waals surface area contributed by atoms with E-state index in [4.69, 9.17) is 23.2 Å². The molecule has 10 heteroatoms. The molecule has 3 rings (SSSR count). The summed E-state index contributed by atoms with van der Waals surface area (Å²) in [7, 11) is -2.66. The molecule has 3 aromatic carbocycles. The van der Waals surface area contributed by atoms with Crippen molar-refractivity contribution in [2.75, 3.05) is 17.9 Å². The van der Waals surface area contributed by atoms with Gasteiger partial charge in [-0.05, 0) is 69.2 Å². The number of halogens is 2. The number of carbonyl (C=O) groups is 2. The molecule has 2 amide bonds. The number of likely N-dealkylation sites (N-methyl/N-ethyl adjacent to an activating group) is 1. The number of aryl methyl sites for hydroxylation is 3. The van der Waals surface area contributed by atoms with Gasteiger partial charge in [-0.15, -0.1) is 0 Å². The molecule has 0 aromatic heterocycles. The van der Waals surface area contributed by atoms with Crippen LogP contribution in [-0.2, 0) is 26.2 Å². The van der Waals surface area contributed by atoms with Crippen molar-refractivity contribution in [2.45, 2.75) is 45.2 Å². The molecule has 0 bridgehead atoms. The predicted molar refractivity (Wildman–Crippen MR) is 152 cm³/mol. The molecule has 0 aliphatic carbocycles. The second-order valence-electron chi connectivity index (χ2n) is 9.16. The van der Waals surface area contributed by atoms with Crippen molar-refractivity contribution in [1.82, 2.24) is 10.2 Å². The van der Waals surface area contributed by atoms with Crippen LogP contribution in [0, 0.1) is 20.8 Å². The van der Waals surface area contributed by atoms with E-state index >= 15 is 0 Å². The van der Waals surface area contributed by atoms with Crippen LogP contribution in [-0.4, -0.2) is 44.8 Å². The second kappa shape index (κ2) is 12.2. The Morgan fingerprint density at radius 1 is 0.921 bits per heavy atom. The Balaban J connectivity index is 2.08. The van der Waals surface area contributed by atoms with Gasteiger partial charge in [0.2, 0.25) is 11.8 Å². The molecule has 1 N–H and O–H groups in total. The van der Waals surface area contributed by atoms with Gasteiger partial charge >= 0.3 is 0 Å². The highest BCUT2D eigenvalue weighted by atomic mass is 35.5. The molecule has 0 unspecified atom stereocenters. The van der Waals surface area contributed by atoms with Crippen molar-refractivity contribution in [2.24, 2.45) is 0 Å². The maximum absolute atomic E-state index is 13.9. The zero-order valence-electron chi connectivity index (χ0n) is 22.0. The minimum atomic E-state index is -4.13. The highest BCUT2D eigenvalue weighted by molar-refractivity contribution is 7.92. The van der Waals surface area contributed by atoms with Gasteiger partial charge in [-0.25, -0.2) is 8.42 Å². The normalized spacial score (nSPS) is 12.1. The monoisotopic (exact) mass is 575 g/mol. The fourth-order valence-electron chi connectivity index (χ4n) is 4.06. The summed E-state index contributed by atoms with van der Waals surface area (Å²) in [6.07, 6.45) is 0. The summed E-state index contributed by atoms with van der Waals surface area (Å²) in [4.78, 5) is 27.8. The Hall–Kier alpha value is -3.07. The van der Waals surface area contributed by atoms with Gasteiger partial charge in [-0.1, -0.05) is 64.7 Å². The van der Waals surface area contributed by atoms with Gasteiger partial charge < -0.3 is 10.2 Å². The van der Waals surface area contributed by atoms with Crippen LogP contribution < -0.4 is 9.62 Å². The van der Waals surface area contributed by atoms with Gasteiger partial charge in [0.15, 0.2) is 0 Å². The number of sulfonamides is 1. The fourth-order valence-corrected chi connectivity index (χ4v) is 6.01. The van der Waals surface area contributed by atoms with Crippen molar-refractivity contribution in [3.63, 3.8) is 0 Å². The molecule has 38 heavy (non-hydrogen) atoms. The van der Waals surface area contributed by atoms with Crippen LogP contribution >= 0.6 is 23.2 Å². The highest BCUT2D eigenvalue weighted by Gasteiger charge is 2.33. The molecule has 3 aromatic rings. The third-order valence-corrected chi connectivity index (χ3v) is 8.64. The smallest absolute Gasteiger partial charge is 0.264 e. The van der Waals surface area contributed by atoms with Gasteiger partial charge in [-0.2, -0.15) is 0 Å². The molecule has 0 spiro atoms. The topological polar surface area (TPSA) is 86.8 Å². The first-order chi connectivity index (χ1) is 17.8. The Kier molecular flexibility index (Phi) is 9.46. The predicted octanol–water partition coefficient (Wildman–Crippen LogP) is 5.28. The third-order valence-electron chi connectivity index (χ3n) is 6.28. The first-order valence-corrected chi connectivity index (χ1v) is 14.2. The van der Waals surface area contributed by atoms with Crippen molar-refractivity contribution in [3.05, 3.63) is 93.0 Å². The summed E-state index contributed by atoms with van der Waals surface area (Å²) in [5.74, 6) is -0.967. The van der Waals surface area contributed by atoms with Gasteiger partial charge in [0.25, 0.3) is 10.0 Å². The number of hydrogen-bond donors (Lipinski definition) is 1. The van der Waals surface area contributed by atoms with Crippen LogP contribution in [0.5, 0.6) is 0 Å². The molecule has 0 saturated heterocycles. The zero-order chi connectivity index (χ0) is 28.2. The second-order valence-corrected chi connectivity index (χ2v) is 11.9. The minimum absolute atomic E-state index is 0.0191. The number of anilines is 1. The standard InChI is InChI=1S/C28H31Cl2N3O4S/c1-18-6-11-24(12-7-18)38(36,37)33(26-13-8-19(2)14-20(26)3)17-27(34)32(21(4)28(35)31-5)16-22-9-10-23(29)15-25(22)30/h6-15,21H,16-17H2,1-5H3,(H,31,35)/t21-/m1/s1. The van der Waals surface area contributed by atoms with Crippen molar-refractivity contribution in [3.8, 4) is 0 Å². The van der Waals surface area contributed by atoms with E-state index in [9.17, 15) is 18.0 Å². The zero-order valence-corrected chi connectivity index (χ0v) is 24.3. The molecule has 202 valence electrons. The van der Waals surface area contributed by atoms with Crippen LogP contribution in [0.1, 0.15) is 29.2 Å². The SMILES string of the molecule is CNC(=O)[C@@H](C)N(Cc1ccc(Cl)cc1Cl)C(=O)CN(c1ccc(C)cc1C)S(=O)(=O)c1ccc(C)cc1. The van der Waals surface area contributed by atoms with Crippen LogP contribution in [0.3, 0.4) is 0 Å². The maximum Gasteiger partial charge on any atom is 0.264 e. The number of nitrogens with one attached hydrogen (secondary N) is 1. The fraction of sp³-hybridized carbons (Fsp3) is 0.286. The van der Waals surface area contributed by atoms with E-state index in [1.165, 1.54) is 24.1 Å². The van der Waals surface area contributed by atoms with E-state index in [1.807, 2.05) is 19.9 Å². The number of hydrogen-bond acceptors (Lipinski definition) is 4. The van der Waals surface area contributed by atoms with E-state index < -0.39 is 34.4 Å². The minimum Gasteiger partial charge on any atom is -0.357 e. The first kappa shape index (κ1) is 29.5. The van der Waals surface area contributed by atoms with E-state index in [2.05, 4.69) is 5.32 Å². The molecular weight excluding hydrogens is 545 g/mol. The Morgan fingerprint density at radius 2 is 1.55 bits per heavy atom. The lowest BCUT2D eigenvalue weighted by Gasteiger charge is -2.32.